The number of carbonyl (C=O) groups is 1. The maximum atomic E-state index is 12.5. The Kier molecular flexibility index (Phi) is 4.80. The van der Waals surface area contributed by atoms with E-state index in [1.54, 1.807) is 30.3 Å². The van der Waals surface area contributed by atoms with Gasteiger partial charge in [0, 0.05) is 65.5 Å². The van der Waals surface area contributed by atoms with Gasteiger partial charge in [-0.2, -0.15) is 0 Å². The third-order valence-electron chi connectivity index (χ3n) is 3.75. The van der Waals surface area contributed by atoms with Gasteiger partial charge in [-0.3, -0.25) is 4.79 Å². The van der Waals surface area contributed by atoms with E-state index in [9.17, 15) is 9.90 Å². The second kappa shape index (κ2) is 6.41. The summed E-state index contributed by atoms with van der Waals surface area (Å²) in [6, 6.07) is 3.45. The normalized spacial score (nSPS) is 17.3. The summed E-state index contributed by atoms with van der Waals surface area (Å²) < 4.78 is 5.26. The molecule has 1 saturated heterocycles. The van der Waals surface area contributed by atoms with Crippen LogP contribution in [0.1, 0.15) is 23.2 Å². The number of hydrogen-bond acceptors (Lipinski definition) is 5. The van der Waals surface area contributed by atoms with Gasteiger partial charge in [0.15, 0.2) is 0 Å². The highest BCUT2D eigenvalue weighted by molar-refractivity contribution is 5.94. The van der Waals surface area contributed by atoms with E-state index in [-0.39, 0.29) is 5.91 Å². The van der Waals surface area contributed by atoms with Crippen LogP contribution < -0.4 is 4.90 Å². The largest absolute Gasteiger partial charge is 0.388 e. The molecule has 116 valence electrons. The van der Waals surface area contributed by atoms with Crippen LogP contribution in [0.5, 0.6) is 0 Å². The highest BCUT2D eigenvalue weighted by Gasteiger charge is 2.32. The summed E-state index contributed by atoms with van der Waals surface area (Å²) in [6.07, 6.45) is 2.74. The van der Waals surface area contributed by atoms with Crippen LogP contribution in [-0.4, -0.2) is 67.4 Å². The summed E-state index contributed by atoms with van der Waals surface area (Å²) in [5.41, 5.74) is -0.271. The number of ether oxygens (including phenoxy) is 1. The Morgan fingerprint density at radius 2 is 2.05 bits per heavy atom. The monoisotopic (exact) mass is 293 g/mol. The number of rotatable bonds is 4. The van der Waals surface area contributed by atoms with E-state index in [0.717, 1.165) is 5.82 Å². The molecule has 1 aliphatic rings. The van der Waals surface area contributed by atoms with Gasteiger partial charge in [0.25, 0.3) is 5.91 Å². The molecule has 1 aromatic heterocycles. The molecule has 0 saturated carbocycles. The molecule has 0 atom stereocenters. The molecule has 6 nitrogen and oxygen atoms in total. The van der Waals surface area contributed by atoms with Gasteiger partial charge in [-0.05, 0) is 12.1 Å². The molecule has 1 amide bonds. The van der Waals surface area contributed by atoms with Crippen molar-refractivity contribution in [3.63, 3.8) is 0 Å². The maximum absolute atomic E-state index is 12.5. The zero-order valence-electron chi connectivity index (χ0n) is 12.9. The summed E-state index contributed by atoms with van der Waals surface area (Å²) in [7, 11) is 5.47. The fraction of sp³-hybridized carbons (Fsp3) is 0.600. The predicted octanol–water partition coefficient (Wildman–Crippen LogP) is 0.761. The number of aromatic nitrogens is 1. The second-order valence-electron chi connectivity index (χ2n) is 5.80. The van der Waals surface area contributed by atoms with Gasteiger partial charge in [-0.15, -0.1) is 0 Å². The van der Waals surface area contributed by atoms with Gasteiger partial charge >= 0.3 is 0 Å². The Morgan fingerprint density at radius 3 is 2.67 bits per heavy atom. The lowest BCUT2D eigenvalue weighted by Crippen LogP contribution is -2.47. The van der Waals surface area contributed by atoms with Crippen molar-refractivity contribution in [3.05, 3.63) is 23.9 Å². The molecule has 6 heteroatoms. The highest BCUT2D eigenvalue weighted by Crippen LogP contribution is 2.22. The zero-order chi connectivity index (χ0) is 15.5. The van der Waals surface area contributed by atoms with Crippen LogP contribution in [0.3, 0.4) is 0 Å². The first-order valence-electron chi connectivity index (χ1n) is 7.10. The molecule has 1 fully saturated rings. The van der Waals surface area contributed by atoms with Crippen LogP contribution in [0.2, 0.25) is 0 Å². The third kappa shape index (κ3) is 3.92. The van der Waals surface area contributed by atoms with Gasteiger partial charge < -0.3 is 19.6 Å². The molecule has 2 heterocycles. The number of likely N-dealkylation sites (N-methyl/N-ethyl adjacent to an activating group) is 1. The molecule has 0 aromatic carbocycles. The van der Waals surface area contributed by atoms with Gasteiger partial charge in [-0.25, -0.2) is 4.98 Å². The first-order valence-corrected chi connectivity index (χ1v) is 7.10. The minimum absolute atomic E-state index is 0.111. The molecule has 2 rings (SSSR count). The van der Waals surface area contributed by atoms with E-state index in [2.05, 4.69) is 4.98 Å². The van der Waals surface area contributed by atoms with Crippen molar-refractivity contribution in [3.8, 4) is 0 Å². The quantitative estimate of drug-likeness (QED) is 0.888. The van der Waals surface area contributed by atoms with Crippen LogP contribution >= 0.6 is 0 Å². The van der Waals surface area contributed by atoms with E-state index in [4.69, 9.17) is 4.74 Å². The maximum Gasteiger partial charge on any atom is 0.253 e. The van der Waals surface area contributed by atoms with Crippen molar-refractivity contribution in [2.24, 2.45) is 0 Å². The third-order valence-corrected chi connectivity index (χ3v) is 3.75. The Morgan fingerprint density at radius 1 is 1.38 bits per heavy atom. The van der Waals surface area contributed by atoms with E-state index < -0.39 is 5.60 Å². The molecule has 21 heavy (non-hydrogen) atoms. The standard InChI is InChI=1S/C15H23N3O3/c1-17(2)13-10-12(4-7-16-13)14(19)18(3)11-15(20)5-8-21-9-6-15/h4,7,10,20H,5-6,8-9,11H2,1-3H3. The molecule has 0 spiro atoms. The molecule has 0 radical (unpaired) electrons. The number of aliphatic hydroxyl groups is 1. The molecule has 1 aromatic rings. The zero-order valence-corrected chi connectivity index (χ0v) is 12.9. The fourth-order valence-electron chi connectivity index (χ4n) is 2.44. The number of carbonyl (C=O) groups excluding carboxylic acids is 1. The van der Waals surface area contributed by atoms with Crippen molar-refractivity contribution >= 4 is 11.7 Å². The van der Waals surface area contributed by atoms with E-state index in [1.165, 1.54) is 0 Å². The topological polar surface area (TPSA) is 65.9 Å². The summed E-state index contributed by atoms with van der Waals surface area (Å²) in [5, 5.41) is 10.5. The first kappa shape index (κ1) is 15.7. The average Bonchev–Trinajstić information content (AvgIpc) is 2.46. The van der Waals surface area contributed by atoms with Gasteiger partial charge in [0.05, 0.1) is 5.60 Å². The van der Waals surface area contributed by atoms with E-state index >= 15 is 0 Å². The fourth-order valence-corrected chi connectivity index (χ4v) is 2.44. The van der Waals surface area contributed by atoms with Crippen molar-refractivity contribution in [2.75, 3.05) is 45.8 Å². The van der Waals surface area contributed by atoms with Crippen molar-refractivity contribution in [2.45, 2.75) is 18.4 Å². The van der Waals surface area contributed by atoms with Crippen LogP contribution in [-0.2, 0) is 4.74 Å². The smallest absolute Gasteiger partial charge is 0.253 e. The van der Waals surface area contributed by atoms with Crippen molar-refractivity contribution < 1.29 is 14.6 Å². The molecular weight excluding hydrogens is 270 g/mol. The van der Waals surface area contributed by atoms with Crippen molar-refractivity contribution in [1.82, 2.24) is 9.88 Å². The Balaban J connectivity index is 2.06. The average molecular weight is 293 g/mol. The predicted molar refractivity (Wildman–Crippen MR) is 80.5 cm³/mol. The number of nitrogens with zero attached hydrogens (tertiary/aromatic N) is 3. The van der Waals surface area contributed by atoms with E-state index in [0.29, 0.717) is 38.2 Å². The van der Waals surface area contributed by atoms with Crippen LogP contribution in [0, 0.1) is 0 Å². The second-order valence-corrected chi connectivity index (χ2v) is 5.80. The van der Waals surface area contributed by atoms with Crippen LogP contribution in [0.4, 0.5) is 5.82 Å². The molecule has 1 N–H and O–H groups in total. The number of anilines is 1. The molecule has 0 aliphatic carbocycles. The summed E-state index contributed by atoms with van der Waals surface area (Å²) in [5.74, 6) is 0.624. The Bertz CT molecular complexity index is 499. The molecular formula is C15H23N3O3. The number of hydrogen-bond donors (Lipinski definition) is 1. The van der Waals surface area contributed by atoms with Gasteiger partial charge in [-0.1, -0.05) is 0 Å². The van der Waals surface area contributed by atoms with Gasteiger partial charge in [0.1, 0.15) is 5.82 Å². The first-order chi connectivity index (χ1) is 9.91. The summed E-state index contributed by atoms with van der Waals surface area (Å²) in [4.78, 5) is 20.1. The lowest BCUT2D eigenvalue weighted by molar-refractivity contribution is -0.0734. The Labute approximate surface area is 125 Å². The lowest BCUT2D eigenvalue weighted by atomic mass is 9.94. The van der Waals surface area contributed by atoms with E-state index in [1.807, 2.05) is 19.0 Å². The molecule has 1 aliphatic heterocycles. The van der Waals surface area contributed by atoms with Crippen LogP contribution in [0.15, 0.2) is 18.3 Å². The summed E-state index contributed by atoms with van der Waals surface area (Å²) in [6.45, 7) is 1.39. The Hall–Kier alpha value is -1.66. The lowest BCUT2D eigenvalue weighted by Gasteiger charge is -2.35. The number of amides is 1. The minimum Gasteiger partial charge on any atom is -0.388 e. The highest BCUT2D eigenvalue weighted by atomic mass is 16.5. The SMILES string of the molecule is CN(CC1(O)CCOCC1)C(=O)c1ccnc(N(C)C)c1. The summed E-state index contributed by atoms with van der Waals surface area (Å²) >= 11 is 0. The molecule has 0 bridgehead atoms. The van der Waals surface area contributed by atoms with Gasteiger partial charge in [0.2, 0.25) is 0 Å². The van der Waals surface area contributed by atoms with Crippen LogP contribution in [0.25, 0.3) is 0 Å². The molecule has 0 unspecified atom stereocenters. The van der Waals surface area contributed by atoms with Crippen molar-refractivity contribution in [1.29, 1.82) is 0 Å². The minimum atomic E-state index is -0.847. The number of pyridine rings is 1.